The summed E-state index contributed by atoms with van der Waals surface area (Å²) < 4.78 is 0. The van der Waals surface area contributed by atoms with Crippen LogP contribution in [0.25, 0.3) is 0 Å². The quantitative estimate of drug-likeness (QED) is 0.659. The zero-order valence-corrected chi connectivity index (χ0v) is 15.2. The minimum Gasteiger partial charge on any atom is -0.374 e. The molecule has 0 saturated carbocycles. The van der Waals surface area contributed by atoms with Crippen LogP contribution in [0.5, 0.6) is 0 Å². The summed E-state index contributed by atoms with van der Waals surface area (Å²) in [6, 6.07) is 7.95. The van der Waals surface area contributed by atoms with Crippen molar-refractivity contribution in [3.63, 3.8) is 0 Å². The Balaban J connectivity index is 0.00000225. The lowest BCUT2D eigenvalue weighted by atomic mass is 10.0. The van der Waals surface area contributed by atoms with E-state index in [-0.39, 0.29) is 30.3 Å². The maximum atomic E-state index is 11.8. The van der Waals surface area contributed by atoms with Crippen molar-refractivity contribution >= 4 is 29.9 Å². The average molecular weight is 367 g/mol. The first-order chi connectivity index (χ1) is 11.7. The van der Waals surface area contributed by atoms with Gasteiger partial charge in [-0.1, -0.05) is 12.1 Å². The van der Waals surface area contributed by atoms with Crippen molar-refractivity contribution in [3.05, 3.63) is 29.8 Å². The van der Waals surface area contributed by atoms with Gasteiger partial charge in [0, 0.05) is 38.3 Å². The summed E-state index contributed by atoms with van der Waals surface area (Å²) in [5.74, 6) is -0.413. The van der Waals surface area contributed by atoms with E-state index in [9.17, 15) is 9.59 Å². The number of halogens is 1. The van der Waals surface area contributed by atoms with Crippen LogP contribution in [0.4, 0.5) is 5.69 Å². The molecule has 25 heavy (non-hydrogen) atoms. The molecule has 0 spiro atoms. The molecule has 1 aromatic rings. The maximum Gasteiger partial charge on any atom is 0.249 e. The second-order valence-corrected chi connectivity index (χ2v) is 6.54. The molecule has 0 bridgehead atoms. The molecular weight excluding hydrogens is 340 g/mol. The number of carbonyl (C=O) groups excluding carboxylic acids is 2. The van der Waals surface area contributed by atoms with Crippen molar-refractivity contribution in [2.75, 3.05) is 38.0 Å². The molecule has 3 rings (SSSR count). The third-order valence-electron chi connectivity index (χ3n) is 4.68. The van der Waals surface area contributed by atoms with E-state index in [4.69, 9.17) is 0 Å². The van der Waals surface area contributed by atoms with E-state index in [0.717, 1.165) is 44.8 Å². The highest BCUT2D eigenvalue weighted by atomic mass is 35.5. The fourth-order valence-electron chi connectivity index (χ4n) is 3.24. The van der Waals surface area contributed by atoms with E-state index in [2.05, 4.69) is 33.0 Å². The predicted molar refractivity (Wildman–Crippen MR) is 101 cm³/mol. The van der Waals surface area contributed by atoms with Crippen LogP contribution in [-0.2, 0) is 16.0 Å². The van der Waals surface area contributed by atoms with Gasteiger partial charge in [-0.3, -0.25) is 14.9 Å². The lowest BCUT2D eigenvalue weighted by molar-refractivity contribution is -0.133. The standard InChI is InChI=1S/C18H26N4O2.ClH/c23-17-8-7-16(18(24)21-17)20-15-5-3-14(4-6-15)2-1-11-22-12-9-19-10-13-22;/h3-6,16,19-20H,1-2,7-13H2,(H,21,23,24);1H. The van der Waals surface area contributed by atoms with Crippen LogP contribution >= 0.6 is 12.4 Å². The predicted octanol–water partition coefficient (Wildman–Crippen LogP) is 1.16. The number of aryl methyl sites for hydroxylation is 1. The van der Waals surface area contributed by atoms with Gasteiger partial charge in [-0.05, 0) is 43.5 Å². The number of nitrogens with one attached hydrogen (secondary N) is 3. The molecule has 138 valence electrons. The van der Waals surface area contributed by atoms with Gasteiger partial charge in [0.1, 0.15) is 6.04 Å². The minimum absolute atomic E-state index is 0. The lowest BCUT2D eigenvalue weighted by Crippen LogP contribution is -2.47. The van der Waals surface area contributed by atoms with E-state index < -0.39 is 0 Å². The van der Waals surface area contributed by atoms with Crippen LogP contribution < -0.4 is 16.0 Å². The molecule has 0 aliphatic carbocycles. The Hall–Kier alpha value is -1.63. The summed E-state index contributed by atoms with van der Waals surface area (Å²) in [5, 5.41) is 8.95. The van der Waals surface area contributed by atoms with Crippen LogP contribution in [0, 0.1) is 0 Å². The van der Waals surface area contributed by atoms with E-state index in [1.54, 1.807) is 0 Å². The molecule has 2 heterocycles. The summed E-state index contributed by atoms with van der Waals surface area (Å²) in [4.78, 5) is 25.4. The summed E-state index contributed by atoms with van der Waals surface area (Å²) in [6.07, 6.45) is 3.19. The molecular formula is C18H27ClN4O2. The Labute approximate surface area is 155 Å². The smallest absolute Gasteiger partial charge is 0.249 e. The number of amides is 2. The van der Waals surface area contributed by atoms with Crippen molar-refractivity contribution < 1.29 is 9.59 Å². The Morgan fingerprint density at radius 3 is 2.52 bits per heavy atom. The summed E-state index contributed by atoms with van der Waals surface area (Å²) >= 11 is 0. The van der Waals surface area contributed by atoms with Crippen LogP contribution in [-0.4, -0.2) is 55.5 Å². The van der Waals surface area contributed by atoms with Crippen molar-refractivity contribution in [3.8, 4) is 0 Å². The Morgan fingerprint density at radius 2 is 1.84 bits per heavy atom. The molecule has 2 saturated heterocycles. The number of nitrogens with zero attached hydrogens (tertiary/aromatic N) is 1. The highest BCUT2D eigenvalue weighted by molar-refractivity contribution is 6.01. The normalized spacial score (nSPS) is 21.4. The number of piperidine rings is 1. The molecule has 1 unspecified atom stereocenters. The van der Waals surface area contributed by atoms with Crippen LogP contribution in [0.2, 0.25) is 0 Å². The highest BCUT2D eigenvalue weighted by Crippen LogP contribution is 2.15. The van der Waals surface area contributed by atoms with Crippen molar-refractivity contribution in [2.24, 2.45) is 0 Å². The number of hydrogen-bond donors (Lipinski definition) is 3. The zero-order valence-electron chi connectivity index (χ0n) is 14.4. The number of imide groups is 1. The van der Waals surface area contributed by atoms with Crippen LogP contribution in [0.3, 0.4) is 0 Å². The SMILES string of the molecule is Cl.O=C1CCC(Nc2ccc(CCCN3CCNCC3)cc2)C(=O)N1. The lowest BCUT2D eigenvalue weighted by Gasteiger charge is -2.27. The van der Waals surface area contributed by atoms with Gasteiger partial charge in [0.05, 0.1) is 0 Å². The van der Waals surface area contributed by atoms with Gasteiger partial charge in [-0.2, -0.15) is 0 Å². The number of piperazine rings is 1. The molecule has 2 amide bonds. The third-order valence-corrected chi connectivity index (χ3v) is 4.68. The second kappa shape index (κ2) is 9.75. The van der Waals surface area contributed by atoms with Gasteiger partial charge >= 0.3 is 0 Å². The molecule has 2 aliphatic rings. The van der Waals surface area contributed by atoms with Crippen LogP contribution in [0.1, 0.15) is 24.8 Å². The van der Waals surface area contributed by atoms with Gasteiger partial charge in [0.2, 0.25) is 11.8 Å². The largest absolute Gasteiger partial charge is 0.374 e. The van der Waals surface area contributed by atoms with Gasteiger partial charge in [-0.15, -0.1) is 12.4 Å². The third kappa shape index (κ3) is 5.99. The highest BCUT2D eigenvalue weighted by Gasteiger charge is 2.26. The summed E-state index contributed by atoms with van der Waals surface area (Å²) in [5.41, 5.74) is 2.24. The molecule has 1 atom stereocenters. The Bertz CT molecular complexity index is 573. The molecule has 2 aliphatic heterocycles. The molecule has 1 aromatic carbocycles. The molecule has 0 aromatic heterocycles. The monoisotopic (exact) mass is 366 g/mol. The summed E-state index contributed by atoms with van der Waals surface area (Å²) in [6.45, 7) is 5.64. The van der Waals surface area contributed by atoms with Crippen molar-refractivity contribution in [1.82, 2.24) is 15.5 Å². The first-order valence-corrected chi connectivity index (χ1v) is 8.83. The number of benzene rings is 1. The Kier molecular flexibility index (Phi) is 7.68. The van der Waals surface area contributed by atoms with E-state index >= 15 is 0 Å². The van der Waals surface area contributed by atoms with Gasteiger partial charge < -0.3 is 15.5 Å². The average Bonchev–Trinajstić information content (AvgIpc) is 2.60. The Morgan fingerprint density at radius 1 is 1.12 bits per heavy atom. The fourth-order valence-corrected chi connectivity index (χ4v) is 3.24. The van der Waals surface area contributed by atoms with E-state index in [1.807, 2.05) is 12.1 Å². The van der Waals surface area contributed by atoms with Crippen molar-refractivity contribution in [2.45, 2.75) is 31.7 Å². The molecule has 7 heteroatoms. The molecule has 6 nitrogen and oxygen atoms in total. The number of carbonyl (C=O) groups is 2. The first-order valence-electron chi connectivity index (χ1n) is 8.83. The van der Waals surface area contributed by atoms with Gasteiger partial charge in [0.25, 0.3) is 0 Å². The number of hydrogen-bond acceptors (Lipinski definition) is 5. The maximum absolute atomic E-state index is 11.8. The topological polar surface area (TPSA) is 73.5 Å². The van der Waals surface area contributed by atoms with Gasteiger partial charge in [-0.25, -0.2) is 0 Å². The number of rotatable bonds is 6. The van der Waals surface area contributed by atoms with E-state index in [0.29, 0.717) is 12.8 Å². The van der Waals surface area contributed by atoms with Gasteiger partial charge in [0.15, 0.2) is 0 Å². The number of anilines is 1. The van der Waals surface area contributed by atoms with E-state index in [1.165, 1.54) is 12.0 Å². The zero-order chi connectivity index (χ0) is 16.8. The van der Waals surface area contributed by atoms with Crippen LogP contribution in [0.15, 0.2) is 24.3 Å². The fraction of sp³-hybridized carbons (Fsp3) is 0.556. The molecule has 0 radical (unpaired) electrons. The van der Waals surface area contributed by atoms with Crippen molar-refractivity contribution in [1.29, 1.82) is 0 Å². The first kappa shape index (κ1) is 19.7. The second-order valence-electron chi connectivity index (χ2n) is 6.54. The summed E-state index contributed by atoms with van der Waals surface area (Å²) in [7, 11) is 0. The molecule has 2 fully saturated rings. The molecule has 3 N–H and O–H groups in total. The minimum atomic E-state index is -0.318.